The second-order valence-electron chi connectivity index (χ2n) is 5.85. The summed E-state index contributed by atoms with van der Waals surface area (Å²) in [6.07, 6.45) is 2.10. The SMILES string of the molecule is COc1ccc(C(=O)Nc2ccc(N(C(C)=O)C3CC3)cc2)cc1. The molecule has 5 nitrogen and oxygen atoms in total. The van der Waals surface area contributed by atoms with E-state index in [0.29, 0.717) is 23.0 Å². The number of ether oxygens (including phenoxy) is 1. The highest BCUT2D eigenvalue weighted by molar-refractivity contribution is 6.04. The normalized spacial score (nSPS) is 13.2. The highest BCUT2D eigenvalue weighted by Gasteiger charge is 2.31. The predicted molar refractivity (Wildman–Crippen MR) is 93.6 cm³/mol. The molecule has 0 aromatic heterocycles. The van der Waals surface area contributed by atoms with Crippen LogP contribution in [-0.4, -0.2) is 25.0 Å². The molecule has 2 aromatic carbocycles. The zero-order chi connectivity index (χ0) is 17.1. The van der Waals surface area contributed by atoms with E-state index in [2.05, 4.69) is 5.32 Å². The lowest BCUT2D eigenvalue weighted by Gasteiger charge is -2.21. The summed E-state index contributed by atoms with van der Waals surface area (Å²) in [5, 5.41) is 2.85. The van der Waals surface area contributed by atoms with E-state index in [-0.39, 0.29) is 11.8 Å². The second-order valence-corrected chi connectivity index (χ2v) is 5.85. The fraction of sp³-hybridized carbons (Fsp3) is 0.263. The first-order valence-corrected chi connectivity index (χ1v) is 7.94. The summed E-state index contributed by atoms with van der Waals surface area (Å²) < 4.78 is 5.08. The van der Waals surface area contributed by atoms with Crippen LogP contribution in [0.3, 0.4) is 0 Å². The van der Waals surface area contributed by atoms with E-state index in [9.17, 15) is 9.59 Å². The summed E-state index contributed by atoms with van der Waals surface area (Å²) in [7, 11) is 1.59. The van der Waals surface area contributed by atoms with Crippen LogP contribution < -0.4 is 15.0 Å². The van der Waals surface area contributed by atoms with Crippen molar-refractivity contribution in [2.24, 2.45) is 0 Å². The molecule has 1 aliphatic rings. The molecule has 0 radical (unpaired) electrons. The molecule has 0 heterocycles. The first kappa shape index (κ1) is 16.1. The van der Waals surface area contributed by atoms with Gasteiger partial charge in [0.05, 0.1) is 7.11 Å². The van der Waals surface area contributed by atoms with Gasteiger partial charge in [0.2, 0.25) is 5.91 Å². The Kier molecular flexibility index (Phi) is 4.51. The van der Waals surface area contributed by atoms with Crippen LogP contribution in [0.5, 0.6) is 5.75 Å². The van der Waals surface area contributed by atoms with E-state index in [1.165, 1.54) is 0 Å². The van der Waals surface area contributed by atoms with Crippen LogP contribution >= 0.6 is 0 Å². The topological polar surface area (TPSA) is 58.6 Å². The summed E-state index contributed by atoms with van der Waals surface area (Å²) in [5.41, 5.74) is 2.12. The lowest BCUT2D eigenvalue weighted by Crippen LogP contribution is -2.30. The lowest BCUT2D eigenvalue weighted by atomic mass is 10.2. The van der Waals surface area contributed by atoms with E-state index in [0.717, 1.165) is 18.5 Å². The number of amides is 2. The summed E-state index contributed by atoms with van der Waals surface area (Å²) in [4.78, 5) is 25.8. The minimum atomic E-state index is -0.184. The van der Waals surface area contributed by atoms with Crippen LogP contribution in [0, 0.1) is 0 Å². The third-order valence-corrected chi connectivity index (χ3v) is 4.01. The molecular formula is C19H20N2O3. The van der Waals surface area contributed by atoms with Crippen LogP contribution in [0.1, 0.15) is 30.1 Å². The standard InChI is InChI=1S/C19H20N2O3/c1-13(22)21(17-9-10-17)16-7-5-15(6-8-16)20-19(23)14-3-11-18(24-2)12-4-14/h3-8,11-12,17H,9-10H2,1-2H3,(H,20,23). The van der Waals surface area contributed by atoms with Crippen LogP contribution in [0.4, 0.5) is 11.4 Å². The minimum absolute atomic E-state index is 0.0486. The van der Waals surface area contributed by atoms with Crippen molar-refractivity contribution in [3.8, 4) is 5.75 Å². The van der Waals surface area contributed by atoms with Crippen LogP contribution in [0.25, 0.3) is 0 Å². The van der Waals surface area contributed by atoms with Gasteiger partial charge in [-0.3, -0.25) is 9.59 Å². The van der Waals surface area contributed by atoms with E-state index >= 15 is 0 Å². The van der Waals surface area contributed by atoms with Crippen molar-refractivity contribution in [2.45, 2.75) is 25.8 Å². The van der Waals surface area contributed by atoms with Crippen molar-refractivity contribution in [3.63, 3.8) is 0 Å². The van der Waals surface area contributed by atoms with Gasteiger partial charge in [0, 0.05) is 29.9 Å². The molecule has 1 N–H and O–H groups in total. The molecule has 1 fully saturated rings. The van der Waals surface area contributed by atoms with Crippen molar-refractivity contribution in [1.29, 1.82) is 0 Å². The number of carbonyl (C=O) groups is 2. The number of hydrogen-bond donors (Lipinski definition) is 1. The zero-order valence-electron chi connectivity index (χ0n) is 13.8. The van der Waals surface area contributed by atoms with Crippen molar-refractivity contribution in [3.05, 3.63) is 54.1 Å². The number of benzene rings is 2. The molecule has 0 saturated heterocycles. The molecule has 1 saturated carbocycles. The van der Waals surface area contributed by atoms with E-state index in [1.807, 2.05) is 29.2 Å². The van der Waals surface area contributed by atoms with Gasteiger partial charge in [-0.1, -0.05) is 0 Å². The smallest absolute Gasteiger partial charge is 0.255 e. The number of nitrogens with zero attached hydrogens (tertiary/aromatic N) is 1. The van der Waals surface area contributed by atoms with Gasteiger partial charge in [-0.15, -0.1) is 0 Å². The lowest BCUT2D eigenvalue weighted by molar-refractivity contribution is -0.116. The van der Waals surface area contributed by atoms with Crippen molar-refractivity contribution in [2.75, 3.05) is 17.3 Å². The van der Waals surface area contributed by atoms with E-state index < -0.39 is 0 Å². The number of methoxy groups -OCH3 is 1. The summed E-state index contributed by atoms with van der Waals surface area (Å²) in [5.74, 6) is 0.573. The van der Waals surface area contributed by atoms with Gasteiger partial charge in [-0.25, -0.2) is 0 Å². The summed E-state index contributed by atoms with van der Waals surface area (Å²) in [6, 6.07) is 14.6. The Labute approximate surface area is 141 Å². The molecule has 0 atom stereocenters. The number of carbonyl (C=O) groups excluding carboxylic acids is 2. The summed E-state index contributed by atoms with van der Waals surface area (Å²) >= 11 is 0. The molecule has 1 aliphatic carbocycles. The number of rotatable bonds is 5. The molecule has 124 valence electrons. The van der Waals surface area contributed by atoms with Crippen molar-refractivity contribution < 1.29 is 14.3 Å². The van der Waals surface area contributed by atoms with Crippen LogP contribution in [0.2, 0.25) is 0 Å². The zero-order valence-corrected chi connectivity index (χ0v) is 13.8. The molecule has 2 amide bonds. The van der Waals surface area contributed by atoms with Gasteiger partial charge in [-0.05, 0) is 61.4 Å². The molecule has 0 aliphatic heterocycles. The molecule has 3 rings (SSSR count). The Morgan fingerprint density at radius 2 is 1.67 bits per heavy atom. The fourth-order valence-electron chi connectivity index (χ4n) is 2.63. The van der Waals surface area contributed by atoms with E-state index in [1.54, 1.807) is 38.3 Å². The molecule has 0 unspecified atom stereocenters. The Bertz CT molecular complexity index is 734. The molecule has 24 heavy (non-hydrogen) atoms. The number of anilines is 2. The highest BCUT2D eigenvalue weighted by atomic mass is 16.5. The monoisotopic (exact) mass is 324 g/mol. The van der Waals surface area contributed by atoms with E-state index in [4.69, 9.17) is 4.74 Å². The maximum absolute atomic E-state index is 12.2. The van der Waals surface area contributed by atoms with Crippen LogP contribution in [0.15, 0.2) is 48.5 Å². The quantitative estimate of drug-likeness (QED) is 0.916. The number of hydrogen-bond acceptors (Lipinski definition) is 3. The maximum Gasteiger partial charge on any atom is 0.255 e. The summed E-state index contributed by atoms with van der Waals surface area (Å²) in [6.45, 7) is 1.58. The molecule has 5 heteroatoms. The maximum atomic E-state index is 12.2. The van der Waals surface area contributed by atoms with Gasteiger partial charge in [0.25, 0.3) is 5.91 Å². The third kappa shape index (κ3) is 3.56. The van der Waals surface area contributed by atoms with Gasteiger partial charge in [0.15, 0.2) is 0 Å². The van der Waals surface area contributed by atoms with Gasteiger partial charge in [0.1, 0.15) is 5.75 Å². The van der Waals surface area contributed by atoms with Gasteiger partial charge < -0.3 is 15.0 Å². The Morgan fingerprint density at radius 3 is 2.17 bits per heavy atom. The van der Waals surface area contributed by atoms with Crippen LogP contribution in [-0.2, 0) is 4.79 Å². The largest absolute Gasteiger partial charge is 0.497 e. The predicted octanol–water partition coefficient (Wildman–Crippen LogP) is 3.46. The van der Waals surface area contributed by atoms with Crippen molar-refractivity contribution in [1.82, 2.24) is 0 Å². The van der Waals surface area contributed by atoms with Gasteiger partial charge in [-0.2, -0.15) is 0 Å². The Hall–Kier alpha value is -2.82. The average Bonchev–Trinajstić information content (AvgIpc) is 3.41. The first-order chi connectivity index (χ1) is 11.6. The fourth-order valence-corrected chi connectivity index (χ4v) is 2.63. The highest BCUT2D eigenvalue weighted by Crippen LogP contribution is 2.32. The van der Waals surface area contributed by atoms with Gasteiger partial charge >= 0.3 is 0 Å². The average molecular weight is 324 g/mol. The van der Waals surface area contributed by atoms with Crippen molar-refractivity contribution >= 4 is 23.2 Å². The number of nitrogens with one attached hydrogen (secondary N) is 1. The molecule has 0 spiro atoms. The third-order valence-electron chi connectivity index (χ3n) is 4.01. The minimum Gasteiger partial charge on any atom is -0.497 e. The molecule has 2 aromatic rings. The Morgan fingerprint density at radius 1 is 1.04 bits per heavy atom. The first-order valence-electron chi connectivity index (χ1n) is 7.94. The molecule has 0 bridgehead atoms. The second kappa shape index (κ2) is 6.74. The molecular weight excluding hydrogens is 304 g/mol. The Balaban J connectivity index is 1.69.